The molecule has 1 atom stereocenters. The van der Waals surface area contributed by atoms with Gasteiger partial charge in [0.1, 0.15) is 0 Å². The zero-order valence-electron chi connectivity index (χ0n) is 12.3. The van der Waals surface area contributed by atoms with Crippen LogP contribution in [0.3, 0.4) is 0 Å². The molecule has 0 fully saturated rings. The van der Waals surface area contributed by atoms with Crippen LogP contribution in [0.5, 0.6) is 0 Å². The lowest BCUT2D eigenvalue weighted by molar-refractivity contribution is 0.573. The molecular weight excluding hydrogens is 244 g/mol. The van der Waals surface area contributed by atoms with Gasteiger partial charge in [-0.2, -0.15) is 5.26 Å². The molecule has 2 aromatic carbocycles. The second-order valence-electron chi connectivity index (χ2n) is 5.27. The first kappa shape index (κ1) is 14.3. The van der Waals surface area contributed by atoms with E-state index in [2.05, 4.69) is 50.4 Å². The molecule has 0 bridgehead atoms. The second-order valence-corrected chi connectivity index (χ2v) is 5.27. The van der Waals surface area contributed by atoms with E-state index in [-0.39, 0.29) is 6.04 Å². The minimum absolute atomic E-state index is 0.267. The number of hydrogen-bond donors (Lipinski definition) is 1. The van der Waals surface area contributed by atoms with Gasteiger partial charge >= 0.3 is 0 Å². The maximum atomic E-state index is 8.81. The first-order valence-electron chi connectivity index (χ1n) is 6.89. The molecule has 2 rings (SSSR count). The van der Waals surface area contributed by atoms with E-state index >= 15 is 0 Å². The van der Waals surface area contributed by atoms with Crippen LogP contribution in [-0.2, 0) is 6.54 Å². The zero-order valence-corrected chi connectivity index (χ0v) is 12.3. The summed E-state index contributed by atoms with van der Waals surface area (Å²) in [5.74, 6) is 0. The number of nitrogens with one attached hydrogen (secondary N) is 1. The van der Waals surface area contributed by atoms with E-state index in [1.54, 1.807) is 0 Å². The van der Waals surface area contributed by atoms with E-state index in [0.29, 0.717) is 5.56 Å². The number of aryl methyl sites for hydroxylation is 2. The van der Waals surface area contributed by atoms with Gasteiger partial charge in [-0.3, -0.25) is 0 Å². The lowest BCUT2D eigenvalue weighted by Gasteiger charge is -2.15. The first-order valence-corrected chi connectivity index (χ1v) is 6.89. The molecule has 0 aliphatic carbocycles. The molecule has 0 radical (unpaired) electrons. The van der Waals surface area contributed by atoms with E-state index in [1.165, 1.54) is 22.3 Å². The Kier molecular flexibility index (Phi) is 4.55. The van der Waals surface area contributed by atoms with Gasteiger partial charge in [-0.05, 0) is 49.6 Å². The molecule has 0 aromatic heterocycles. The normalized spacial score (nSPS) is 11.9. The van der Waals surface area contributed by atoms with Crippen LogP contribution in [-0.4, -0.2) is 0 Å². The average Bonchev–Trinajstić information content (AvgIpc) is 2.46. The standard InChI is InChI=1S/C18H20N2/c1-13-4-7-18(14(2)10-13)12-20-15(3)17-8-5-16(11-19)6-9-17/h4-10,15,20H,12H2,1-3H3. The van der Waals surface area contributed by atoms with Crippen molar-refractivity contribution in [2.24, 2.45) is 0 Å². The Labute approximate surface area is 121 Å². The third-order valence-electron chi connectivity index (χ3n) is 3.64. The Balaban J connectivity index is 2.00. The smallest absolute Gasteiger partial charge is 0.0991 e. The highest BCUT2D eigenvalue weighted by molar-refractivity contribution is 5.33. The Morgan fingerprint density at radius 3 is 2.40 bits per heavy atom. The Morgan fingerprint density at radius 2 is 1.80 bits per heavy atom. The minimum atomic E-state index is 0.267. The molecule has 0 aliphatic rings. The third kappa shape index (κ3) is 3.46. The molecule has 0 saturated carbocycles. The summed E-state index contributed by atoms with van der Waals surface area (Å²) in [6.45, 7) is 7.26. The molecular formula is C18H20N2. The van der Waals surface area contributed by atoms with Crippen molar-refractivity contribution in [1.29, 1.82) is 5.26 Å². The Morgan fingerprint density at radius 1 is 1.10 bits per heavy atom. The molecule has 102 valence electrons. The monoisotopic (exact) mass is 264 g/mol. The number of nitriles is 1. The summed E-state index contributed by atoms with van der Waals surface area (Å²) < 4.78 is 0. The van der Waals surface area contributed by atoms with Crippen LogP contribution in [0.4, 0.5) is 0 Å². The van der Waals surface area contributed by atoms with Crippen molar-refractivity contribution in [2.45, 2.75) is 33.4 Å². The minimum Gasteiger partial charge on any atom is -0.306 e. The zero-order chi connectivity index (χ0) is 14.5. The average molecular weight is 264 g/mol. The van der Waals surface area contributed by atoms with E-state index in [4.69, 9.17) is 5.26 Å². The summed E-state index contributed by atoms with van der Waals surface area (Å²) in [5, 5.41) is 12.3. The molecule has 1 unspecified atom stereocenters. The molecule has 0 spiro atoms. The summed E-state index contributed by atoms with van der Waals surface area (Å²) in [5.41, 5.74) is 5.86. The van der Waals surface area contributed by atoms with Gasteiger partial charge in [0.05, 0.1) is 11.6 Å². The number of benzene rings is 2. The van der Waals surface area contributed by atoms with Crippen LogP contribution in [0.15, 0.2) is 42.5 Å². The summed E-state index contributed by atoms with van der Waals surface area (Å²) in [6, 6.07) is 16.7. The summed E-state index contributed by atoms with van der Waals surface area (Å²) >= 11 is 0. The number of nitrogens with zero attached hydrogens (tertiary/aromatic N) is 1. The lowest BCUT2D eigenvalue weighted by atomic mass is 10.0. The first-order chi connectivity index (χ1) is 9.60. The van der Waals surface area contributed by atoms with Crippen molar-refractivity contribution >= 4 is 0 Å². The van der Waals surface area contributed by atoms with Crippen molar-refractivity contribution in [2.75, 3.05) is 0 Å². The van der Waals surface area contributed by atoms with E-state index in [0.717, 1.165) is 6.54 Å². The fourth-order valence-electron chi connectivity index (χ4n) is 2.27. The SMILES string of the molecule is Cc1ccc(CNC(C)c2ccc(C#N)cc2)c(C)c1. The van der Waals surface area contributed by atoms with E-state index in [1.807, 2.05) is 24.3 Å². The van der Waals surface area contributed by atoms with Crippen LogP contribution in [0.25, 0.3) is 0 Å². The van der Waals surface area contributed by atoms with E-state index in [9.17, 15) is 0 Å². The Bertz CT molecular complexity index is 621. The molecule has 0 amide bonds. The molecule has 0 aliphatic heterocycles. The fourth-order valence-corrected chi connectivity index (χ4v) is 2.27. The Hall–Kier alpha value is -2.11. The van der Waals surface area contributed by atoms with Crippen molar-refractivity contribution in [3.63, 3.8) is 0 Å². The van der Waals surface area contributed by atoms with Gasteiger partial charge < -0.3 is 5.32 Å². The van der Waals surface area contributed by atoms with E-state index < -0.39 is 0 Å². The predicted molar refractivity (Wildman–Crippen MR) is 82.3 cm³/mol. The van der Waals surface area contributed by atoms with Crippen molar-refractivity contribution in [3.05, 3.63) is 70.3 Å². The van der Waals surface area contributed by atoms with Crippen LogP contribution in [0.1, 0.15) is 40.8 Å². The number of hydrogen-bond acceptors (Lipinski definition) is 2. The van der Waals surface area contributed by atoms with Crippen molar-refractivity contribution in [1.82, 2.24) is 5.32 Å². The predicted octanol–water partition coefficient (Wildman–Crippen LogP) is 4.03. The highest BCUT2D eigenvalue weighted by Crippen LogP contribution is 2.15. The van der Waals surface area contributed by atoms with Crippen molar-refractivity contribution < 1.29 is 0 Å². The fraction of sp³-hybridized carbons (Fsp3) is 0.278. The maximum absolute atomic E-state index is 8.81. The molecule has 2 aromatic rings. The molecule has 20 heavy (non-hydrogen) atoms. The van der Waals surface area contributed by atoms with Crippen LogP contribution in [0, 0.1) is 25.2 Å². The highest BCUT2D eigenvalue weighted by Gasteiger charge is 2.06. The number of rotatable bonds is 4. The van der Waals surface area contributed by atoms with Gasteiger partial charge in [-0.25, -0.2) is 0 Å². The van der Waals surface area contributed by atoms with Gasteiger partial charge in [0.2, 0.25) is 0 Å². The van der Waals surface area contributed by atoms with Crippen molar-refractivity contribution in [3.8, 4) is 6.07 Å². The third-order valence-corrected chi connectivity index (χ3v) is 3.64. The van der Waals surface area contributed by atoms with Crippen LogP contribution < -0.4 is 5.32 Å². The van der Waals surface area contributed by atoms with Gasteiger partial charge in [-0.1, -0.05) is 35.9 Å². The second kappa shape index (κ2) is 6.36. The van der Waals surface area contributed by atoms with Crippen LogP contribution >= 0.6 is 0 Å². The summed E-state index contributed by atoms with van der Waals surface area (Å²) in [6.07, 6.45) is 0. The van der Waals surface area contributed by atoms with Gasteiger partial charge in [0.15, 0.2) is 0 Å². The molecule has 2 nitrogen and oxygen atoms in total. The van der Waals surface area contributed by atoms with Gasteiger partial charge in [0.25, 0.3) is 0 Å². The van der Waals surface area contributed by atoms with Gasteiger partial charge in [0, 0.05) is 12.6 Å². The topological polar surface area (TPSA) is 35.8 Å². The highest BCUT2D eigenvalue weighted by atomic mass is 14.9. The molecule has 2 heteroatoms. The maximum Gasteiger partial charge on any atom is 0.0991 e. The quantitative estimate of drug-likeness (QED) is 0.905. The molecule has 1 N–H and O–H groups in total. The van der Waals surface area contributed by atoms with Crippen LogP contribution in [0.2, 0.25) is 0 Å². The largest absolute Gasteiger partial charge is 0.306 e. The molecule has 0 saturated heterocycles. The summed E-state index contributed by atoms with van der Waals surface area (Å²) in [7, 11) is 0. The lowest BCUT2D eigenvalue weighted by Crippen LogP contribution is -2.18. The summed E-state index contributed by atoms with van der Waals surface area (Å²) in [4.78, 5) is 0. The van der Waals surface area contributed by atoms with Gasteiger partial charge in [-0.15, -0.1) is 0 Å². The molecule has 0 heterocycles.